The van der Waals surface area contributed by atoms with Crippen LogP contribution in [0.1, 0.15) is 11.3 Å². The molecule has 1 aromatic heterocycles. The minimum Gasteiger partial charge on any atom is -0.372 e. The third-order valence-electron chi connectivity index (χ3n) is 1.58. The molecule has 0 aliphatic rings. The van der Waals surface area contributed by atoms with Crippen LogP contribution in [0.5, 0.6) is 0 Å². The van der Waals surface area contributed by atoms with E-state index in [9.17, 15) is 0 Å². The monoisotopic (exact) mass is 164 g/mol. The highest BCUT2D eigenvalue weighted by molar-refractivity contribution is 5.87. The molecule has 0 atom stereocenters. The van der Waals surface area contributed by atoms with Crippen LogP contribution >= 0.6 is 0 Å². The van der Waals surface area contributed by atoms with Crippen LogP contribution in [0.3, 0.4) is 0 Å². The molecule has 0 saturated heterocycles. The van der Waals surface area contributed by atoms with Crippen LogP contribution in [0.4, 0.5) is 5.82 Å². The smallest absolute Gasteiger partial charge is 0.138 e. The van der Waals surface area contributed by atoms with Gasteiger partial charge >= 0.3 is 0 Å². The SMILES string of the molecule is CN=Cc1c(C)ncnc1NC. The highest BCUT2D eigenvalue weighted by atomic mass is 15.0. The van der Waals surface area contributed by atoms with Gasteiger partial charge in [-0.3, -0.25) is 4.99 Å². The van der Waals surface area contributed by atoms with Crippen LogP contribution in [0.25, 0.3) is 0 Å². The van der Waals surface area contributed by atoms with Crippen molar-refractivity contribution < 1.29 is 0 Å². The Bertz CT molecular complexity index is 293. The van der Waals surface area contributed by atoms with Gasteiger partial charge in [-0.1, -0.05) is 0 Å². The van der Waals surface area contributed by atoms with E-state index in [0.717, 1.165) is 17.1 Å². The maximum atomic E-state index is 4.06. The summed E-state index contributed by atoms with van der Waals surface area (Å²) in [6.45, 7) is 1.93. The highest BCUT2D eigenvalue weighted by Crippen LogP contribution is 2.10. The molecule has 0 spiro atoms. The molecule has 1 aromatic rings. The van der Waals surface area contributed by atoms with Crippen molar-refractivity contribution in [1.29, 1.82) is 0 Å². The summed E-state index contributed by atoms with van der Waals surface area (Å²) in [5.74, 6) is 0.813. The number of nitrogens with one attached hydrogen (secondary N) is 1. The topological polar surface area (TPSA) is 50.2 Å². The summed E-state index contributed by atoms with van der Waals surface area (Å²) in [7, 11) is 3.56. The molecule has 0 aliphatic carbocycles. The highest BCUT2D eigenvalue weighted by Gasteiger charge is 2.02. The molecule has 4 heteroatoms. The Morgan fingerprint density at radius 1 is 1.50 bits per heavy atom. The fraction of sp³-hybridized carbons (Fsp3) is 0.375. The van der Waals surface area contributed by atoms with Gasteiger partial charge < -0.3 is 5.32 Å². The Labute approximate surface area is 71.8 Å². The summed E-state index contributed by atoms with van der Waals surface area (Å²) in [5.41, 5.74) is 1.88. The van der Waals surface area contributed by atoms with Crippen molar-refractivity contribution in [3.63, 3.8) is 0 Å². The molecule has 4 nitrogen and oxygen atoms in total. The Balaban J connectivity index is 3.19. The zero-order valence-corrected chi connectivity index (χ0v) is 7.50. The normalized spacial score (nSPS) is 10.6. The van der Waals surface area contributed by atoms with Gasteiger partial charge in [-0.15, -0.1) is 0 Å². The van der Waals surface area contributed by atoms with Crippen molar-refractivity contribution in [2.24, 2.45) is 4.99 Å². The Kier molecular flexibility index (Phi) is 2.74. The average Bonchev–Trinajstić information content (AvgIpc) is 2.09. The molecule has 1 rings (SSSR count). The van der Waals surface area contributed by atoms with E-state index in [2.05, 4.69) is 20.3 Å². The third kappa shape index (κ3) is 1.58. The molecule has 0 fully saturated rings. The lowest BCUT2D eigenvalue weighted by Gasteiger charge is -2.04. The van der Waals surface area contributed by atoms with Crippen LogP contribution in [-0.2, 0) is 0 Å². The second kappa shape index (κ2) is 3.80. The average molecular weight is 164 g/mol. The zero-order chi connectivity index (χ0) is 8.97. The van der Waals surface area contributed by atoms with Gasteiger partial charge in [0.15, 0.2) is 0 Å². The summed E-state index contributed by atoms with van der Waals surface area (Å²) >= 11 is 0. The van der Waals surface area contributed by atoms with E-state index in [1.54, 1.807) is 13.3 Å². The van der Waals surface area contributed by atoms with Crippen molar-refractivity contribution >= 4 is 12.0 Å². The van der Waals surface area contributed by atoms with E-state index >= 15 is 0 Å². The first-order valence-electron chi connectivity index (χ1n) is 3.71. The van der Waals surface area contributed by atoms with Crippen molar-refractivity contribution in [1.82, 2.24) is 9.97 Å². The molecule has 12 heavy (non-hydrogen) atoms. The lowest BCUT2D eigenvalue weighted by Crippen LogP contribution is -2.01. The fourth-order valence-corrected chi connectivity index (χ4v) is 0.967. The first-order chi connectivity index (χ1) is 5.79. The zero-order valence-electron chi connectivity index (χ0n) is 7.50. The first-order valence-corrected chi connectivity index (χ1v) is 3.71. The van der Waals surface area contributed by atoms with Gasteiger partial charge in [0.2, 0.25) is 0 Å². The Morgan fingerprint density at radius 3 is 2.83 bits per heavy atom. The van der Waals surface area contributed by atoms with Crippen molar-refractivity contribution in [3.8, 4) is 0 Å². The second-order valence-electron chi connectivity index (χ2n) is 2.36. The molecule has 0 aliphatic heterocycles. The van der Waals surface area contributed by atoms with E-state index in [1.807, 2.05) is 14.0 Å². The number of rotatable bonds is 2. The first kappa shape index (κ1) is 8.64. The summed E-state index contributed by atoms with van der Waals surface area (Å²) in [4.78, 5) is 12.1. The number of aryl methyl sites for hydroxylation is 1. The van der Waals surface area contributed by atoms with E-state index in [-0.39, 0.29) is 0 Å². The quantitative estimate of drug-likeness (QED) is 0.660. The second-order valence-corrected chi connectivity index (χ2v) is 2.36. The van der Waals surface area contributed by atoms with Gasteiger partial charge in [-0.2, -0.15) is 0 Å². The van der Waals surface area contributed by atoms with E-state index in [1.165, 1.54) is 6.33 Å². The van der Waals surface area contributed by atoms with Crippen molar-refractivity contribution in [3.05, 3.63) is 17.6 Å². The fourth-order valence-electron chi connectivity index (χ4n) is 0.967. The van der Waals surface area contributed by atoms with Gasteiger partial charge in [0, 0.05) is 20.3 Å². The predicted molar refractivity (Wildman–Crippen MR) is 49.8 cm³/mol. The summed E-state index contributed by atoms with van der Waals surface area (Å²) in [6.07, 6.45) is 3.29. The van der Waals surface area contributed by atoms with Gasteiger partial charge in [0.1, 0.15) is 12.1 Å². The van der Waals surface area contributed by atoms with Crippen LogP contribution in [0.2, 0.25) is 0 Å². The maximum absolute atomic E-state index is 4.06. The molecule has 0 radical (unpaired) electrons. The predicted octanol–water partition coefficient (Wildman–Crippen LogP) is 0.875. The number of aliphatic imine (C=N–C) groups is 1. The van der Waals surface area contributed by atoms with Crippen LogP contribution < -0.4 is 5.32 Å². The molecule has 0 amide bonds. The third-order valence-corrected chi connectivity index (χ3v) is 1.58. The lowest BCUT2D eigenvalue weighted by molar-refractivity contribution is 1.09. The molecular formula is C8H12N4. The Morgan fingerprint density at radius 2 is 2.25 bits per heavy atom. The maximum Gasteiger partial charge on any atom is 0.138 e. The molecule has 0 aromatic carbocycles. The molecule has 0 saturated carbocycles. The molecule has 1 heterocycles. The number of hydrogen-bond donors (Lipinski definition) is 1. The van der Waals surface area contributed by atoms with Gasteiger partial charge in [-0.05, 0) is 6.92 Å². The molecule has 0 unspecified atom stereocenters. The van der Waals surface area contributed by atoms with Crippen LogP contribution in [0.15, 0.2) is 11.3 Å². The van der Waals surface area contributed by atoms with Crippen molar-refractivity contribution in [2.45, 2.75) is 6.92 Å². The largest absolute Gasteiger partial charge is 0.372 e. The summed E-state index contributed by atoms with van der Waals surface area (Å²) in [5, 5.41) is 2.98. The molecule has 64 valence electrons. The van der Waals surface area contributed by atoms with E-state index in [0.29, 0.717) is 0 Å². The minimum absolute atomic E-state index is 0.813. The molecular weight excluding hydrogens is 152 g/mol. The van der Waals surface area contributed by atoms with E-state index in [4.69, 9.17) is 0 Å². The van der Waals surface area contributed by atoms with Gasteiger partial charge in [-0.25, -0.2) is 9.97 Å². The number of aromatic nitrogens is 2. The summed E-state index contributed by atoms with van der Waals surface area (Å²) < 4.78 is 0. The van der Waals surface area contributed by atoms with Gasteiger partial charge in [0.25, 0.3) is 0 Å². The number of hydrogen-bond acceptors (Lipinski definition) is 4. The Hall–Kier alpha value is -1.45. The van der Waals surface area contributed by atoms with Crippen LogP contribution in [0, 0.1) is 6.92 Å². The van der Waals surface area contributed by atoms with Crippen molar-refractivity contribution in [2.75, 3.05) is 19.4 Å². The number of anilines is 1. The van der Waals surface area contributed by atoms with Crippen LogP contribution in [-0.4, -0.2) is 30.3 Å². The summed E-state index contributed by atoms with van der Waals surface area (Å²) in [6, 6.07) is 0. The van der Waals surface area contributed by atoms with Gasteiger partial charge in [0.05, 0.1) is 11.3 Å². The lowest BCUT2D eigenvalue weighted by atomic mass is 10.2. The van der Waals surface area contributed by atoms with E-state index < -0.39 is 0 Å². The standard InChI is InChI=1S/C8H12N4/c1-6-7(4-9-2)8(10-3)12-5-11-6/h4-5H,1-3H3,(H,10,11,12). The minimum atomic E-state index is 0.813. The number of nitrogens with zero attached hydrogens (tertiary/aromatic N) is 3. The molecule has 1 N–H and O–H groups in total. The molecule has 0 bridgehead atoms.